The van der Waals surface area contributed by atoms with E-state index in [9.17, 15) is 0 Å². The molecule has 2 aromatic rings. The van der Waals surface area contributed by atoms with Gasteiger partial charge in [0.05, 0.1) is 11.4 Å². The molecule has 3 saturated heterocycles. The first-order chi connectivity index (χ1) is 9.81. The second-order valence-corrected chi connectivity index (χ2v) is 6.20. The molecule has 0 spiro atoms. The smallest absolute Gasteiger partial charge is 0.137 e. The van der Waals surface area contributed by atoms with E-state index < -0.39 is 0 Å². The van der Waals surface area contributed by atoms with Gasteiger partial charge in [-0.3, -0.25) is 0 Å². The highest BCUT2D eigenvalue weighted by Crippen LogP contribution is 2.27. The topological polar surface area (TPSA) is 32.6 Å². The van der Waals surface area contributed by atoms with E-state index in [1.54, 1.807) is 0 Å². The van der Waals surface area contributed by atoms with Crippen molar-refractivity contribution in [1.82, 2.24) is 19.6 Å². The Morgan fingerprint density at radius 1 is 1.30 bits per heavy atom. The second kappa shape index (κ2) is 4.86. The van der Waals surface area contributed by atoms with E-state index in [0.717, 1.165) is 23.8 Å². The SMILES string of the molecule is Cc1nc2ccccn2c1CNC1CN2CCC1CC2. The van der Waals surface area contributed by atoms with Crippen LogP contribution in [0.5, 0.6) is 0 Å². The molecule has 106 valence electrons. The van der Waals surface area contributed by atoms with Crippen LogP contribution in [0.4, 0.5) is 0 Å². The van der Waals surface area contributed by atoms with Gasteiger partial charge in [-0.25, -0.2) is 4.98 Å². The van der Waals surface area contributed by atoms with E-state index in [2.05, 4.69) is 44.9 Å². The average molecular weight is 270 g/mol. The lowest BCUT2D eigenvalue weighted by atomic mass is 9.84. The number of nitrogens with one attached hydrogen (secondary N) is 1. The Bertz CT molecular complexity index is 610. The molecule has 0 aromatic carbocycles. The fourth-order valence-electron chi connectivity index (χ4n) is 3.80. The van der Waals surface area contributed by atoms with Gasteiger partial charge in [-0.05, 0) is 50.9 Å². The van der Waals surface area contributed by atoms with Crippen molar-refractivity contribution in [3.05, 3.63) is 35.8 Å². The molecule has 5 heterocycles. The number of imidazole rings is 1. The highest BCUT2D eigenvalue weighted by molar-refractivity contribution is 5.42. The molecule has 2 aromatic heterocycles. The van der Waals surface area contributed by atoms with Crippen LogP contribution in [0.1, 0.15) is 24.2 Å². The molecule has 3 aliphatic heterocycles. The standard InChI is InChI=1S/C16H22N4/c1-12-15(20-7-3-2-4-16(20)18-12)10-17-14-11-19-8-5-13(14)6-9-19/h2-4,7,13-14,17H,5-6,8-11H2,1H3. The van der Waals surface area contributed by atoms with Crippen LogP contribution >= 0.6 is 0 Å². The molecule has 2 bridgehead atoms. The van der Waals surface area contributed by atoms with Crippen LogP contribution in [-0.4, -0.2) is 40.0 Å². The monoisotopic (exact) mass is 270 g/mol. The number of piperidine rings is 3. The van der Waals surface area contributed by atoms with Crippen LogP contribution in [0.3, 0.4) is 0 Å². The molecule has 3 fully saturated rings. The number of pyridine rings is 1. The summed E-state index contributed by atoms with van der Waals surface area (Å²) in [5, 5.41) is 3.79. The van der Waals surface area contributed by atoms with Crippen LogP contribution in [0, 0.1) is 12.8 Å². The summed E-state index contributed by atoms with van der Waals surface area (Å²) in [6.45, 7) is 6.86. The van der Waals surface area contributed by atoms with Gasteiger partial charge in [0.15, 0.2) is 0 Å². The highest BCUT2D eigenvalue weighted by Gasteiger charge is 2.33. The van der Waals surface area contributed by atoms with Gasteiger partial charge < -0.3 is 14.6 Å². The van der Waals surface area contributed by atoms with E-state index in [-0.39, 0.29) is 0 Å². The van der Waals surface area contributed by atoms with Gasteiger partial charge in [-0.2, -0.15) is 0 Å². The molecule has 20 heavy (non-hydrogen) atoms. The Kier molecular flexibility index (Phi) is 3.00. The van der Waals surface area contributed by atoms with Gasteiger partial charge in [-0.1, -0.05) is 6.07 Å². The zero-order valence-corrected chi connectivity index (χ0v) is 12.0. The summed E-state index contributed by atoms with van der Waals surface area (Å²) in [4.78, 5) is 7.23. The quantitative estimate of drug-likeness (QED) is 0.923. The van der Waals surface area contributed by atoms with E-state index in [4.69, 9.17) is 0 Å². The maximum Gasteiger partial charge on any atom is 0.137 e. The van der Waals surface area contributed by atoms with Gasteiger partial charge >= 0.3 is 0 Å². The van der Waals surface area contributed by atoms with Crippen molar-refractivity contribution in [1.29, 1.82) is 0 Å². The van der Waals surface area contributed by atoms with Crippen molar-refractivity contribution in [2.45, 2.75) is 32.4 Å². The fraction of sp³-hybridized carbons (Fsp3) is 0.562. The summed E-state index contributed by atoms with van der Waals surface area (Å²) in [5.74, 6) is 0.875. The fourth-order valence-corrected chi connectivity index (χ4v) is 3.80. The number of rotatable bonds is 3. The largest absolute Gasteiger partial charge is 0.307 e. The van der Waals surface area contributed by atoms with Crippen molar-refractivity contribution in [3.8, 4) is 0 Å². The molecule has 4 heteroatoms. The number of hydrogen-bond donors (Lipinski definition) is 1. The molecule has 0 radical (unpaired) electrons. The Morgan fingerprint density at radius 2 is 2.15 bits per heavy atom. The van der Waals surface area contributed by atoms with Gasteiger partial charge in [0, 0.05) is 25.3 Å². The van der Waals surface area contributed by atoms with Crippen molar-refractivity contribution in [2.24, 2.45) is 5.92 Å². The van der Waals surface area contributed by atoms with Gasteiger partial charge in [0.1, 0.15) is 5.65 Å². The van der Waals surface area contributed by atoms with Gasteiger partial charge in [0.2, 0.25) is 0 Å². The van der Waals surface area contributed by atoms with Crippen molar-refractivity contribution in [3.63, 3.8) is 0 Å². The third kappa shape index (κ3) is 2.03. The Morgan fingerprint density at radius 3 is 2.90 bits per heavy atom. The Hall–Kier alpha value is -1.39. The number of hydrogen-bond acceptors (Lipinski definition) is 3. The van der Waals surface area contributed by atoms with Crippen molar-refractivity contribution in [2.75, 3.05) is 19.6 Å². The molecule has 5 rings (SSSR count). The lowest BCUT2D eigenvalue weighted by molar-refractivity contribution is 0.0718. The first kappa shape index (κ1) is 12.4. The number of fused-ring (bicyclic) bond motifs is 4. The summed E-state index contributed by atoms with van der Waals surface area (Å²) in [6, 6.07) is 6.86. The summed E-state index contributed by atoms with van der Waals surface area (Å²) >= 11 is 0. The third-order valence-electron chi connectivity index (χ3n) is 5.02. The zero-order chi connectivity index (χ0) is 13.5. The summed E-state index contributed by atoms with van der Waals surface area (Å²) in [7, 11) is 0. The average Bonchev–Trinajstić information content (AvgIpc) is 2.82. The normalized spacial score (nSPS) is 29.1. The van der Waals surface area contributed by atoms with E-state index >= 15 is 0 Å². The molecule has 4 nitrogen and oxygen atoms in total. The van der Waals surface area contributed by atoms with E-state index in [1.165, 1.54) is 38.2 Å². The predicted molar refractivity (Wildman–Crippen MR) is 79.7 cm³/mol. The molecular weight excluding hydrogens is 248 g/mol. The van der Waals surface area contributed by atoms with Gasteiger partial charge in [0.25, 0.3) is 0 Å². The third-order valence-corrected chi connectivity index (χ3v) is 5.02. The molecule has 1 N–H and O–H groups in total. The second-order valence-electron chi connectivity index (χ2n) is 6.20. The number of aryl methyl sites for hydroxylation is 1. The first-order valence-corrected chi connectivity index (χ1v) is 7.69. The molecular formula is C16H22N4. The maximum atomic E-state index is 4.64. The summed E-state index contributed by atoms with van der Waals surface area (Å²) < 4.78 is 2.21. The zero-order valence-electron chi connectivity index (χ0n) is 12.0. The molecule has 0 saturated carbocycles. The number of nitrogens with zero attached hydrogens (tertiary/aromatic N) is 3. The maximum absolute atomic E-state index is 4.64. The Labute approximate surface area is 119 Å². The Balaban J connectivity index is 1.52. The van der Waals surface area contributed by atoms with Crippen LogP contribution in [-0.2, 0) is 6.54 Å². The lowest BCUT2D eigenvalue weighted by Crippen LogP contribution is -2.55. The highest BCUT2D eigenvalue weighted by atomic mass is 15.2. The van der Waals surface area contributed by atoms with Crippen molar-refractivity contribution < 1.29 is 0 Å². The molecule has 0 amide bonds. The predicted octanol–water partition coefficient (Wildman–Crippen LogP) is 1.83. The minimum absolute atomic E-state index is 0.658. The molecule has 3 aliphatic rings. The van der Waals surface area contributed by atoms with Crippen molar-refractivity contribution >= 4 is 5.65 Å². The van der Waals surface area contributed by atoms with Crippen LogP contribution in [0.15, 0.2) is 24.4 Å². The van der Waals surface area contributed by atoms with Gasteiger partial charge in [-0.15, -0.1) is 0 Å². The first-order valence-electron chi connectivity index (χ1n) is 7.69. The molecule has 0 aliphatic carbocycles. The minimum Gasteiger partial charge on any atom is -0.307 e. The van der Waals surface area contributed by atoms with Crippen LogP contribution in [0.2, 0.25) is 0 Å². The van der Waals surface area contributed by atoms with Crippen LogP contribution in [0.25, 0.3) is 5.65 Å². The van der Waals surface area contributed by atoms with Crippen LogP contribution < -0.4 is 5.32 Å². The molecule has 1 unspecified atom stereocenters. The summed E-state index contributed by atoms with van der Waals surface area (Å²) in [6.07, 6.45) is 4.84. The lowest BCUT2D eigenvalue weighted by Gasteiger charge is -2.45. The minimum atomic E-state index is 0.658. The van der Waals surface area contributed by atoms with E-state index in [0.29, 0.717) is 6.04 Å². The van der Waals surface area contributed by atoms with E-state index in [1.807, 2.05) is 6.07 Å². The number of aromatic nitrogens is 2. The summed E-state index contributed by atoms with van der Waals surface area (Å²) in [5.41, 5.74) is 3.50. The molecule has 1 atom stereocenters.